The van der Waals surface area contributed by atoms with Crippen molar-refractivity contribution in [2.24, 2.45) is 5.41 Å². The summed E-state index contributed by atoms with van der Waals surface area (Å²) in [6.07, 6.45) is 1.60. The minimum absolute atomic E-state index is 0.0949. The van der Waals surface area contributed by atoms with Gasteiger partial charge >= 0.3 is 5.97 Å². The van der Waals surface area contributed by atoms with Crippen LogP contribution in [0.25, 0.3) is 0 Å². The van der Waals surface area contributed by atoms with E-state index >= 15 is 0 Å². The van der Waals surface area contributed by atoms with E-state index in [9.17, 15) is 14.7 Å². The first-order valence-corrected chi connectivity index (χ1v) is 7.20. The summed E-state index contributed by atoms with van der Waals surface area (Å²) in [5.41, 5.74) is -0.156. The van der Waals surface area contributed by atoms with E-state index in [4.69, 9.17) is 4.74 Å². The van der Waals surface area contributed by atoms with Gasteiger partial charge < -0.3 is 14.7 Å². The molecule has 2 rings (SSSR count). The molecule has 1 fully saturated rings. The Balaban J connectivity index is 2.12. The van der Waals surface area contributed by atoms with Gasteiger partial charge in [0.2, 0.25) is 0 Å². The fraction of sp³-hybridized carbons (Fsp3) is 0.500. The number of hydrogen-bond donors (Lipinski definition) is 1. The van der Waals surface area contributed by atoms with Crippen molar-refractivity contribution in [3.8, 4) is 5.75 Å². The molecule has 0 spiro atoms. The van der Waals surface area contributed by atoms with Crippen LogP contribution in [0.3, 0.4) is 0 Å². The molecule has 1 aliphatic heterocycles. The number of piperidine rings is 1. The normalized spacial score (nSPS) is 17.3. The zero-order valence-electron chi connectivity index (χ0n) is 12.5. The summed E-state index contributed by atoms with van der Waals surface area (Å²) < 4.78 is 5.22. The summed E-state index contributed by atoms with van der Waals surface area (Å²) >= 11 is 0. The van der Waals surface area contributed by atoms with Crippen LogP contribution in [0.4, 0.5) is 0 Å². The van der Waals surface area contributed by atoms with Crippen LogP contribution in [0.15, 0.2) is 24.3 Å². The Morgan fingerprint density at radius 3 is 2.43 bits per heavy atom. The molecule has 5 heteroatoms. The predicted octanol–water partition coefficient (Wildman–Crippen LogP) is 2.41. The zero-order chi connectivity index (χ0) is 15.5. The molecule has 0 aromatic heterocycles. The van der Waals surface area contributed by atoms with E-state index in [1.54, 1.807) is 23.1 Å². The molecule has 0 unspecified atom stereocenters. The Hall–Kier alpha value is -2.04. The minimum atomic E-state index is -0.755. The number of nitrogens with zero attached hydrogens (tertiary/aromatic N) is 1. The Morgan fingerprint density at radius 1 is 1.29 bits per heavy atom. The number of aliphatic carboxylic acids is 1. The summed E-state index contributed by atoms with van der Waals surface area (Å²) in [6.45, 7) is 2.83. The average Bonchev–Trinajstić information content (AvgIpc) is 2.54. The first-order valence-electron chi connectivity index (χ1n) is 7.20. The number of carboxylic acids is 1. The molecule has 1 N–H and O–H groups in total. The van der Waals surface area contributed by atoms with Gasteiger partial charge in [0.05, 0.1) is 18.1 Å². The number of para-hydroxylation sites is 1. The SMILES string of the molecule is CCC1(C(=O)O)CCN(C(=O)c2ccccc2OC)CC1. The van der Waals surface area contributed by atoms with Crippen LogP contribution in [-0.2, 0) is 4.79 Å². The fourth-order valence-corrected chi connectivity index (χ4v) is 2.85. The van der Waals surface area contributed by atoms with Crippen molar-refractivity contribution in [1.82, 2.24) is 4.90 Å². The number of likely N-dealkylation sites (tertiary alicyclic amines) is 1. The van der Waals surface area contributed by atoms with Crippen LogP contribution >= 0.6 is 0 Å². The minimum Gasteiger partial charge on any atom is -0.496 e. The largest absolute Gasteiger partial charge is 0.496 e. The topological polar surface area (TPSA) is 66.8 Å². The highest BCUT2D eigenvalue weighted by atomic mass is 16.5. The number of hydrogen-bond acceptors (Lipinski definition) is 3. The molecule has 1 aromatic rings. The summed E-state index contributed by atoms with van der Waals surface area (Å²) in [5.74, 6) is -0.301. The molecule has 5 nitrogen and oxygen atoms in total. The standard InChI is InChI=1S/C16H21NO4/c1-3-16(15(19)20)8-10-17(11-9-16)14(18)12-6-4-5-7-13(12)21-2/h4-7H,3,8-11H2,1-2H3,(H,19,20). The van der Waals surface area contributed by atoms with Crippen LogP contribution in [0.2, 0.25) is 0 Å². The molecule has 1 aromatic carbocycles. The Morgan fingerprint density at radius 2 is 1.90 bits per heavy atom. The van der Waals surface area contributed by atoms with Gasteiger partial charge in [0, 0.05) is 13.1 Å². The van der Waals surface area contributed by atoms with E-state index in [2.05, 4.69) is 0 Å². The van der Waals surface area contributed by atoms with Gasteiger partial charge in [-0.2, -0.15) is 0 Å². The molecule has 114 valence electrons. The molecular weight excluding hydrogens is 270 g/mol. The maximum absolute atomic E-state index is 12.5. The summed E-state index contributed by atoms with van der Waals surface area (Å²) in [4.78, 5) is 25.7. The Labute approximate surface area is 124 Å². The average molecular weight is 291 g/mol. The third kappa shape index (κ3) is 2.86. The molecule has 1 amide bonds. The van der Waals surface area contributed by atoms with Crippen molar-refractivity contribution < 1.29 is 19.4 Å². The van der Waals surface area contributed by atoms with Gasteiger partial charge in [0.1, 0.15) is 5.75 Å². The van der Waals surface area contributed by atoms with E-state index in [1.165, 1.54) is 7.11 Å². The highest BCUT2D eigenvalue weighted by molar-refractivity contribution is 5.97. The van der Waals surface area contributed by atoms with E-state index < -0.39 is 11.4 Å². The van der Waals surface area contributed by atoms with Gasteiger partial charge in [-0.15, -0.1) is 0 Å². The second kappa shape index (κ2) is 6.16. The molecule has 1 heterocycles. The number of benzene rings is 1. The maximum Gasteiger partial charge on any atom is 0.309 e. The fourth-order valence-electron chi connectivity index (χ4n) is 2.85. The van der Waals surface area contributed by atoms with E-state index in [0.29, 0.717) is 43.7 Å². The lowest BCUT2D eigenvalue weighted by Gasteiger charge is -2.38. The van der Waals surface area contributed by atoms with Crippen molar-refractivity contribution in [1.29, 1.82) is 0 Å². The smallest absolute Gasteiger partial charge is 0.309 e. The monoisotopic (exact) mass is 291 g/mol. The zero-order valence-corrected chi connectivity index (χ0v) is 12.5. The van der Waals surface area contributed by atoms with Crippen LogP contribution < -0.4 is 4.74 Å². The van der Waals surface area contributed by atoms with Gasteiger partial charge in [-0.3, -0.25) is 9.59 Å². The number of methoxy groups -OCH3 is 1. The van der Waals surface area contributed by atoms with Crippen molar-refractivity contribution in [2.45, 2.75) is 26.2 Å². The highest BCUT2D eigenvalue weighted by Gasteiger charge is 2.41. The first kappa shape index (κ1) is 15.4. The van der Waals surface area contributed by atoms with Crippen molar-refractivity contribution in [2.75, 3.05) is 20.2 Å². The molecule has 0 saturated carbocycles. The number of carbonyl (C=O) groups is 2. The van der Waals surface area contributed by atoms with Crippen molar-refractivity contribution in [3.63, 3.8) is 0 Å². The summed E-state index contributed by atoms with van der Waals surface area (Å²) in [5, 5.41) is 9.39. The maximum atomic E-state index is 12.5. The van der Waals surface area contributed by atoms with Crippen molar-refractivity contribution >= 4 is 11.9 Å². The number of amides is 1. The van der Waals surface area contributed by atoms with Crippen LogP contribution in [-0.4, -0.2) is 42.1 Å². The Kier molecular flexibility index (Phi) is 4.50. The molecule has 0 radical (unpaired) electrons. The van der Waals surface area contributed by atoms with Gasteiger partial charge in [0.15, 0.2) is 0 Å². The van der Waals surface area contributed by atoms with Gasteiger partial charge in [-0.25, -0.2) is 0 Å². The molecule has 0 atom stereocenters. The van der Waals surface area contributed by atoms with Crippen LogP contribution in [0, 0.1) is 5.41 Å². The van der Waals surface area contributed by atoms with Gasteiger partial charge in [-0.1, -0.05) is 19.1 Å². The quantitative estimate of drug-likeness (QED) is 0.925. The third-order valence-corrected chi connectivity index (χ3v) is 4.48. The molecule has 1 saturated heterocycles. The predicted molar refractivity (Wildman–Crippen MR) is 78.5 cm³/mol. The molecule has 21 heavy (non-hydrogen) atoms. The number of rotatable bonds is 4. The number of ether oxygens (including phenoxy) is 1. The van der Waals surface area contributed by atoms with E-state index in [0.717, 1.165) is 0 Å². The molecule has 1 aliphatic rings. The molecular formula is C16H21NO4. The lowest BCUT2D eigenvalue weighted by Crippen LogP contribution is -2.46. The number of carbonyl (C=O) groups excluding carboxylic acids is 1. The summed E-state index contributed by atoms with van der Waals surface area (Å²) in [6, 6.07) is 7.11. The molecule has 0 aliphatic carbocycles. The number of carboxylic acid groups (broad SMARTS) is 1. The second-order valence-electron chi connectivity index (χ2n) is 5.43. The van der Waals surface area contributed by atoms with Crippen LogP contribution in [0.1, 0.15) is 36.5 Å². The third-order valence-electron chi connectivity index (χ3n) is 4.48. The van der Waals surface area contributed by atoms with Crippen LogP contribution in [0.5, 0.6) is 5.75 Å². The lowest BCUT2D eigenvalue weighted by molar-refractivity contribution is -0.152. The lowest BCUT2D eigenvalue weighted by atomic mass is 9.76. The molecule has 0 bridgehead atoms. The van der Waals surface area contributed by atoms with E-state index in [-0.39, 0.29) is 5.91 Å². The van der Waals surface area contributed by atoms with Gasteiger partial charge in [0.25, 0.3) is 5.91 Å². The summed E-state index contributed by atoms with van der Waals surface area (Å²) in [7, 11) is 1.54. The second-order valence-corrected chi connectivity index (χ2v) is 5.43. The first-order chi connectivity index (χ1) is 10.0. The highest BCUT2D eigenvalue weighted by Crippen LogP contribution is 2.36. The Bertz CT molecular complexity index is 533. The van der Waals surface area contributed by atoms with Gasteiger partial charge in [-0.05, 0) is 31.4 Å². The van der Waals surface area contributed by atoms with Crippen molar-refractivity contribution in [3.05, 3.63) is 29.8 Å². The van der Waals surface area contributed by atoms with E-state index in [1.807, 2.05) is 13.0 Å².